The number of halogens is 1. The molecule has 102 valence electrons. The molecule has 1 heterocycles. The topological polar surface area (TPSA) is 70.3 Å². The minimum atomic E-state index is 0.294. The minimum Gasteiger partial charge on any atom is -0.352 e. The van der Waals surface area contributed by atoms with Crippen LogP contribution in [0.4, 0.5) is 11.8 Å². The Morgan fingerprint density at radius 3 is 2.67 bits per heavy atom. The van der Waals surface area contributed by atoms with Crippen LogP contribution in [0.25, 0.3) is 0 Å². The van der Waals surface area contributed by atoms with Crippen molar-refractivity contribution in [3.63, 3.8) is 0 Å². The first-order chi connectivity index (χ1) is 8.49. The molecular weight excluding hydrogens is 252 g/mol. The lowest BCUT2D eigenvalue weighted by molar-refractivity contribution is 0.372. The first-order valence-electron chi connectivity index (χ1n) is 5.90. The van der Waals surface area contributed by atoms with E-state index in [1.165, 1.54) is 0 Å². The zero-order valence-electron chi connectivity index (χ0n) is 11.3. The highest BCUT2D eigenvalue weighted by Gasteiger charge is 2.18. The number of aromatic nitrogens is 2. The number of hydrazine groups is 1. The van der Waals surface area contributed by atoms with Crippen LogP contribution in [0, 0.1) is 0 Å². The number of hydrogen-bond donors (Lipinski definition) is 2. The van der Waals surface area contributed by atoms with Crippen LogP contribution >= 0.6 is 11.6 Å². The van der Waals surface area contributed by atoms with Crippen LogP contribution in [-0.2, 0) is 0 Å². The van der Waals surface area contributed by atoms with Crippen LogP contribution < -0.4 is 16.2 Å². The van der Waals surface area contributed by atoms with Crippen molar-refractivity contribution in [1.82, 2.24) is 14.9 Å². The highest BCUT2D eigenvalue weighted by atomic mass is 35.5. The molecule has 1 atom stereocenters. The van der Waals surface area contributed by atoms with Crippen molar-refractivity contribution in [2.45, 2.75) is 19.9 Å². The zero-order valence-corrected chi connectivity index (χ0v) is 12.1. The van der Waals surface area contributed by atoms with E-state index in [0.29, 0.717) is 22.8 Å². The van der Waals surface area contributed by atoms with Gasteiger partial charge in [-0.25, -0.2) is 10.8 Å². The maximum Gasteiger partial charge on any atom is 0.239 e. The molecule has 1 rings (SSSR count). The van der Waals surface area contributed by atoms with Crippen LogP contribution in [0.15, 0.2) is 6.20 Å². The Kier molecular flexibility index (Phi) is 5.58. The third-order valence-corrected chi connectivity index (χ3v) is 2.90. The van der Waals surface area contributed by atoms with Gasteiger partial charge >= 0.3 is 0 Å². The molecule has 0 aromatic carbocycles. The van der Waals surface area contributed by atoms with Crippen LogP contribution in [0.2, 0.25) is 5.02 Å². The van der Waals surface area contributed by atoms with Gasteiger partial charge in [-0.2, -0.15) is 4.98 Å². The summed E-state index contributed by atoms with van der Waals surface area (Å²) >= 11 is 6.16. The fourth-order valence-electron chi connectivity index (χ4n) is 1.93. The van der Waals surface area contributed by atoms with Gasteiger partial charge in [0.05, 0.1) is 6.20 Å². The molecule has 0 fully saturated rings. The quantitative estimate of drug-likeness (QED) is 0.599. The largest absolute Gasteiger partial charge is 0.352 e. The van der Waals surface area contributed by atoms with E-state index in [-0.39, 0.29) is 0 Å². The third-order valence-electron chi connectivity index (χ3n) is 2.63. The Balaban J connectivity index is 3.00. The third kappa shape index (κ3) is 3.69. The summed E-state index contributed by atoms with van der Waals surface area (Å²) in [7, 11) is 4.08. The SMILES string of the molecule is CCN(c1nc(NN)ncc1Cl)C(C)CN(C)C. The molecule has 0 saturated carbocycles. The number of nitrogens with zero attached hydrogens (tertiary/aromatic N) is 4. The molecule has 18 heavy (non-hydrogen) atoms. The molecule has 0 aliphatic carbocycles. The molecule has 0 saturated heterocycles. The van der Waals surface area contributed by atoms with Gasteiger partial charge in [-0.1, -0.05) is 11.6 Å². The monoisotopic (exact) mass is 272 g/mol. The highest BCUT2D eigenvalue weighted by Crippen LogP contribution is 2.25. The Morgan fingerprint density at radius 1 is 1.50 bits per heavy atom. The number of nitrogens with one attached hydrogen (secondary N) is 1. The van der Waals surface area contributed by atoms with Crippen molar-refractivity contribution in [3.05, 3.63) is 11.2 Å². The summed E-state index contributed by atoms with van der Waals surface area (Å²) < 4.78 is 0. The lowest BCUT2D eigenvalue weighted by Crippen LogP contribution is -2.40. The van der Waals surface area contributed by atoms with E-state index < -0.39 is 0 Å². The second-order valence-electron chi connectivity index (χ2n) is 4.41. The number of nitrogens with two attached hydrogens (primary N) is 1. The predicted octanol–water partition coefficient (Wildman–Crippen LogP) is 1.19. The van der Waals surface area contributed by atoms with Crippen LogP contribution in [-0.4, -0.2) is 48.1 Å². The van der Waals surface area contributed by atoms with Crippen molar-refractivity contribution in [2.24, 2.45) is 5.84 Å². The summed E-state index contributed by atoms with van der Waals surface area (Å²) in [5.41, 5.74) is 2.44. The molecule has 1 aromatic heterocycles. The zero-order chi connectivity index (χ0) is 13.7. The number of hydrogen-bond acceptors (Lipinski definition) is 6. The molecule has 0 aliphatic rings. The van der Waals surface area contributed by atoms with Gasteiger partial charge in [-0.3, -0.25) is 5.43 Å². The summed E-state index contributed by atoms with van der Waals surface area (Å²) in [6.45, 7) is 5.94. The second-order valence-corrected chi connectivity index (χ2v) is 4.81. The number of anilines is 2. The van der Waals surface area contributed by atoms with Crippen LogP contribution in [0.3, 0.4) is 0 Å². The summed E-state index contributed by atoms with van der Waals surface area (Å²) in [5, 5.41) is 0.529. The molecular formula is C11H21ClN6. The van der Waals surface area contributed by atoms with E-state index >= 15 is 0 Å². The maximum atomic E-state index is 6.16. The standard InChI is InChI=1S/C11H21ClN6/c1-5-18(8(2)7-17(3)4)10-9(12)6-14-11(15-10)16-13/h6,8H,5,7,13H2,1-4H3,(H,14,15,16). The van der Waals surface area contributed by atoms with Crippen molar-refractivity contribution in [1.29, 1.82) is 0 Å². The predicted molar refractivity (Wildman–Crippen MR) is 75.9 cm³/mol. The number of nitrogen functional groups attached to an aromatic ring is 1. The Morgan fingerprint density at radius 2 is 2.17 bits per heavy atom. The van der Waals surface area contributed by atoms with Gasteiger partial charge in [-0.15, -0.1) is 0 Å². The Bertz CT molecular complexity index is 384. The molecule has 3 N–H and O–H groups in total. The first kappa shape index (κ1) is 14.9. The molecule has 0 bridgehead atoms. The molecule has 7 heteroatoms. The van der Waals surface area contributed by atoms with Crippen LogP contribution in [0.1, 0.15) is 13.8 Å². The summed E-state index contributed by atoms with van der Waals surface area (Å²) in [5.74, 6) is 6.39. The number of rotatable bonds is 6. The second kappa shape index (κ2) is 6.72. The smallest absolute Gasteiger partial charge is 0.239 e. The van der Waals surface area contributed by atoms with Gasteiger partial charge in [0.25, 0.3) is 0 Å². The normalized spacial score (nSPS) is 12.6. The van der Waals surface area contributed by atoms with Gasteiger partial charge in [0.15, 0.2) is 5.82 Å². The van der Waals surface area contributed by atoms with Gasteiger partial charge in [-0.05, 0) is 27.9 Å². The van der Waals surface area contributed by atoms with Gasteiger partial charge in [0, 0.05) is 19.1 Å². The van der Waals surface area contributed by atoms with E-state index in [9.17, 15) is 0 Å². The number of likely N-dealkylation sites (N-methyl/N-ethyl adjacent to an activating group) is 2. The van der Waals surface area contributed by atoms with Gasteiger partial charge in [0.1, 0.15) is 5.02 Å². The summed E-state index contributed by atoms with van der Waals surface area (Å²) in [4.78, 5) is 12.6. The maximum absolute atomic E-state index is 6.16. The summed E-state index contributed by atoms with van der Waals surface area (Å²) in [6.07, 6.45) is 1.56. The Hall–Kier alpha value is -1.11. The molecule has 0 aliphatic heterocycles. The highest BCUT2D eigenvalue weighted by molar-refractivity contribution is 6.32. The molecule has 0 amide bonds. The average molecular weight is 273 g/mol. The van der Waals surface area contributed by atoms with Gasteiger partial charge < -0.3 is 9.80 Å². The fraction of sp³-hybridized carbons (Fsp3) is 0.636. The van der Waals surface area contributed by atoms with E-state index in [2.05, 4.69) is 39.0 Å². The summed E-state index contributed by atoms with van der Waals surface area (Å²) in [6, 6.07) is 0.294. The van der Waals surface area contributed by atoms with Crippen molar-refractivity contribution < 1.29 is 0 Å². The van der Waals surface area contributed by atoms with E-state index in [1.54, 1.807) is 6.20 Å². The molecule has 1 aromatic rings. The van der Waals surface area contributed by atoms with E-state index in [0.717, 1.165) is 13.1 Å². The first-order valence-corrected chi connectivity index (χ1v) is 6.27. The molecule has 0 radical (unpaired) electrons. The fourth-order valence-corrected chi connectivity index (χ4v) is 2.13. The van der Waals surface area contributed by atoms with Crippen molar-refractivity contribution >= 4 is 23.4 Å². The van der Waals surface area contributed by atoms with Crippen molar-refractivity contribution in [3.8, 4) is 0 Å². The lowest BCUT2D eigenvalue weighted by Gasteiger charge is -2.31. The van der Waals surface area contributed by atoms with E-state index in [4.69, 9.17) is 17.4 Å². The minimum absolute atomic E-state index is 0.294. The molecule has 6 nitrogen and oxygen atoms in total. The molecule has 0 spiro atoms. The van der Waals surface area contributed by atoms with E-state index in [1.807, 2.05) is 14.1 Å². The van der Waals surface area contributed by atoms with Crippen molar-refractivity contribution in [2.75, 3.05) is 37.5 Å². The molecule has 1 unspecified atom stereocenters. The Labute approximate surface area is 113 Å². The lowest BCUT2D eigenvalue weighted by atomic mass is 10.2. The average Bonchev–Trinajstić information content (AvgIpc) is 2.31. The van der Waals surface area contributed by atoms with Gasteiger partial charge in [0.2, 0.25) is 5.95 Å². The van der Waals surface area contributed by atoms with Crippen LogP contribution in [0.5, 0.6) is 0 Å².